The van der Waals surface area contributed by atoms with Crippen LogP contribution in [0.1, 0.15) is 32.1 Å². The Hall–Kier alpha value is -0.960. The lowest BCUT2D eigenvalue weighted by atomic mass is 9.77. The topological polar surface area (TPSA) is 80.8 Å². The molecule has 3 rings (SSSR count). The zero-order valence-corrected chi connectivity index (χ0v) is 16.3. The molecule has 0 aromatic heterocycles. The molecule has 2 atom stereocenters. The van der Waals surface area contributed by atoms with Crippen molar-refractivity contribution in [2.75, 3.05) is 26.5 Å². The van der Waals surface area contributed by atoms with Crippen molar-refractivity contribution >= 4 is 19.9 Å². The van der Waals surface area contributed by atoms with E-state index in [1.165, 1.54) is 24.3 Å². The van der Waals surface area contributed by atoms with Crippen LogP contribution in [-0.4, -0.2) is 53.7 Å². The number of hydrogen-bond donors (Lipinski definition) is 0. The molecular formula is C17H25NO5S2. The molecule has 2 aliphatic rings. The largest absolute Gasteiger partial charge is 0.381 e. The van der Waals surface area contributed by atoms with Crippen LogP contribution in [0.4, 0.5) is 0 Å². The summed E-state index contributed by atoms with van der Waals surface area (Å²) in [5, 5.41) is 0. The van der Waals surface area contributed by atoms with Crippen LogP contribution in [0, 0.1) is 5.41 Å². The average Bonchev–Trinajstić information content (AvgIpc) is 2.96. The van der Waals surface area contributed by atoms with E-state index >= 15 is 0 Å². The third kappa shape index (κ3) is 3.49. The van der Waals surface area contributed by atoms with Crippen LogP contribution in [0.2, 0.25) is 0 Å². The van der Waals surface area contributed by atoms with Gasteiger partial charge in [0.05, 0.1) is 15.9 Å². The molecule has 1 aliphatic heterocycles. The first-order chi connectivity index (χ1) is 11.7. The molecule has 1 saturated carbocycles. The standard InChI is InChI=1S/C17H25NO5S2/c1-23-16-5-3-10-17(16)11-4-12-18(13-17)25(21,22)15-8-6-14(7-9-15)24(2,19)20/h6-9,16H,3-5,10-13H2,1-2H3/t16-,17+/m1/s1. The van der Waals surface area contributed by atoms with E-state index in [0.717, 1.165) is 38.4 Å². The van der Waals surface area contributed by atoms with E-state index in [2.05, 4.69) is 0 Å². The summed E-state index contributed by atoms with van der Waals surface area (Å²) < 4.78 is 56.3. The number of methoxy groups -OCH3 is 1. The highest BCUT2D eigenvalue weighted by Crippen LogP contribution is 2.47. The van der Waals surface area contributed by atoms with Crippen molar-refractivity contribution in [1.82, 2.24) is 4.31 Å². The predicted molar refractivity (Wildman–Crippen MR) is 94.6 cm³/mol. The lowest BCUT2D eigenvalue weighted by Crippen LogP contribution is -2.49. The molecule has 0 bridgehead atoms. The van der Waals surface area contributed by atoms with Gasteiger partial charge in [0.15, 0.2) is 9.84 Å². The molecule has 1 heterocycles. The Bertz CT molecular complexity index is 832. The smallest absolute Gasteiger partial charge is 0.243 e. The number of ether oxygens (including phenoxy) is 1. The van der Waals surface area contributed by atoms with E-state index < -0.39 is 19.9 Å². The van der Waals surface area contributed by atoms with Gasteiger partial charge in [0.25, 0.3) is 0 Å². The van der Waals surface area contributed by atoms with Gasteiger partial charge in [-0.05, 0) is 49.9 Å². The normalized spacial score (nSPS) is 28.5. The van der Waals surface area contributed by atoms with Gasteiger partial charge in [-0.25, -0.2) is 16.8 Å². The summed E-state index contributed by atoms with van der Waals surface area (Å²) in [4.78, 5) is 0.265. The van der Waals surface area contributed by atoms with Gasteiger partial charge in [-0.3, -0.25) is 0 Å². The Morgan fingerprint density at radius 3 is 2.24 bits per heavy atom. The van der Waals surface area contributed by atoms with Crippen LogP contribution in [0.3, 0.4) is 0 Å². The molecule has 1 aromatic carbocycles. The second-order valence-electron chi connectivity index (χ2n) is 7.16. The van der Waals surface area contributed by atoms with Gasteiger partial charge in [0, 0.05) is 31.9 Å². The van der Waals surface area contributed by atoms with E-state index in [1.807, 2.05) is 0 Å². The molecule has 25 heavy (non-hydrogen) atoms. The van der Waals surface area contributed by atoms with E-state index in [9.17, 15) is 16.8 Å². The van der Waals surface area contributed by atoms with Crippen LogP contribution in [0.15, 0.2) is 34.1 Å². The zero-order valence-electron chi connectivity index (χ0n) is 14.6. The number of sulfone groups is 1. The van der Waals surface area contributed by atoms with Gasteiger partial charge in [-0.15, -0.1) is 0 Å². The highest BCUT2D eigenvalue weighted by atomic mass is 32.2. The van der Waals surface area contributed by atoms with Crippen LogP contribution in [-0.2, 0) is 24.6 Å². The highest BCUT2D eigenvalue weighted by Gasteiger charge is 2.48. The third-order valence-electron chi connectivity index (χ3n) is 5.57. The average molecular weight is 388 g/mol. The van der Waals surface area contributed by atoms with Gasteiger partial charge in [-0.1, -0.05) is 6.42 Å². The van der Waals surface area contributed by atoms with Gasteiger partial charge >= 0.3 is 0 Å². The SMILES string of the molecule is CO[C@@H]1CCC[C@@]12CCCN(S(=O)(=O)c1ccc(S(C)(=O)=O)cc1)C2. The summed E-state index contributed by atoms with van der Waals surface area (Å²) in [6.45, 7) is 0.968. The number of sulfonamides is 1. The Balaban J connectivity index is 1.87. The molecule has 0 radical (unpaired) electrons. The fourth-order valence-corrected chi connectivity index (χ4v) is 6.48. The molecule has 1 spiro atoms. The fourth-order valence-electron chi connectivity index (χ4n) is 4.27. The minimum Gasteiger partial charge on any atom is -0.381 e. The monoisotopic (exact) mass is 387 g/mol. The maximum absolute atomic E-state index is 13.0. The van der Waals surface area contributed by atoms with Crippen LogP contribution < -0.4 is 0 Å². The molecule has 1 aromatic rings. The summed E-state index contributed by atoms with van der Waals surface area (Å²) in [5.41, 5.74) is -0.0905. The Morgan fingerprint density at radius 2 is 1.64 bits per heavy atom. The van der Waals surface area contributed by atoms with Crippen molar-refractivity contribution in [3.05, 3.63) is 24.3 Å². The molecule has 0 N–H and O–H groups in total. The fraction of sp³-hybridized carbons (Fsp3) is 0.647. The molecule has 8 heteroatoms. The molecule has 1 aliphatic carbocycles. The predicted octanol–water partition coefficient (Wildman–Crippen LogP) is 2.06. The number of benzene rings is 1. The molecule has 6 nitrogen and oxygen atoms in total. The van der Waals surface area contributed by atoms with Gasteiger partial charge in [0.2, 0.25) is 10.0 Å². The summed E-state index contributed by atoms with van der Waals surface area (Å²) in [6.07, 6.45) is 6.06. The van der Waals surface area contributed by atoms with E-state index in [4.69, 9.17) is 4.74 Å². The lowest BCUT2D eigenvalue weighted by Gasteiger charge is -2.43. The molecular weight excluding hydrogens is 362 g/mol. The summed E-state index contributed by atoms with van der Waals surface area (Å²) in [6, 6.07) is 5.48. The van der Waals surface area contributed by atoms with Crippen molar-refractivity contribution in [2.45, 2.75) is 48.0 Å². The molecule has 0 amide bonds. The van der Waals surface area contributed by atoms with Gasteiger partial charge in [-0.2, -0.15) is 4.31 Å². The summed E-state index contributed by atoms with van der Waals surface area (Å²) >= 11 is 0. The highest BCUT2D eigenvalue weighted by molar-refractivity contribution is 7.90. The second-order valence-corrected chi connectivity index (χ2v) is 11.1. The van der Waals surface area contributed by atoms with E-state index in [-0.39, 0.29) is 21.3 Å². The van der Waals surface area contributed by atoms with Crippen molar-refractivity contribution < 1.29 is 21.6 Å². The first-order valence-electron chi connectivity index (χ1n) is 8.52. The minimum absolute atomic E-state index is 0.0905. The molecule has 0 unspecified atom stereocenters. The molecule has 140 valence electrons. The maximum Gasteiger partial charge on any atom is 0.243 e. The quantitative estimate of drug-likeness (QED) is 0.790. The molecule has 2 fully saturated rings. The van der Waals surface area contributed by atoms with Crippen molar-refractivity contribution in [3.8, 4) is 0 Å². The zero-order chi connectivity index (χ0) is 18.3. The summed E-state index contributed by atoms with van der Waals surface area (Å²) in [5.74, 6) is 0. The van der Waals surface area contributed by atoms with Gasteiger partial charge in [0.1, 0.15) is 0 Å². The van der Waals surface area contributed by atoms with Crippen LogP contribution >= 0.6 is 0 Å². The summed E-state index contributed by atoms with van der Waals surface area (Å²) in [7, 11) is -5.28. The van der Waals surface area contributed by atoms with Gasteiger partial charge < -0.3 is 4.74 Å². The first kappa shape index (κ1) is 18.8. The first-order valence-corrected chi connectivity index (χ1v) is 11.9. The number of piperidine rings is 1. The number of hydrogen-bond acceptors (Lipinski definition) is 5. The second kappa shape index (κ2) is 6.64. The Kier molecular flexibility index (Phi) is 5.00. The minimum atomic E-state index is -3.64. The van der Waals surface area contributed by atoms with E-state index in [0.29, 0.717) is 13.1 Å². The van der Waals surface area contributed by atoms with Crippen molar-refractivity contribution in [1.29, 1.82) is 0 Å². The van der Waals surface area contributed by atoms with E-state index in [1.54, 1.807) is 11.4 Å². The number of rotatable bonds is 4. The lowest BCUT2D eigenvalue weighted by molar-refractivity contribution is -0.0184. The van der Waals surface area contributed by atoms with Crippen LogP contribution in [0.25, 0.3) is 0 Å². The molecule has 1 saturated heterocycles. The Labute approximate surface area is 150 Å². The number of nitrogens with zero attached hydrogens (tertiary/aromatic N) is 1. The van der Waals surface area contributed by atoms with Crippen molar-refractivity contribution in [3.63, 3.8) is 0 Å². The van der Waals surface area contributed by atoms with Crippen LogP contribution in [0.5, 0.6) is 0 Å². The Morgan fingerprint density at radius 1 is 1.04 bits per heavy atom. The third-order valence-corrected chi connectivity index (χ3v) is 8.56. The maximum atomic E-state index is 13.0. The van der Waals surface area contributed by atoms with Crippen molar-refractivity contribution in [2.24, 2.45) is 5.41 Å².